The van der Waals surface area contributed by atoms with Crippen LogP contribution in [0, 0.1) is 5.92 Å². The summed E-state index contributed by atoms with van der Waals surface area (Å²) >= 11 is 0. The fourth-order valence-corrected chi connectivity index (χ4v) is 3.22. The minimum absolute atomic E-state index is 0.00298. The number of amides is 1. The van der Waals surface area contributed by atoms with Gasteiger partial charge in [-0.1, -0.05) is 18.6 Å². The second-order valence-electron chi connectivity index (χ2n) is 5.98. The summed E-state index contributed by atoms with van der Waals surface area (Å²) in [5.74, 6) is -0.0641. The number of carbonyl (C=O) groups excluding carboxylic acids is 1. The first kappa shape index (κ1) is 14.8. The summed E-state index contributed by atoms with van der Waals surface area (Å²) in [5.41, 5.74) is 1.37. The molecule has 1 heterocycles. The highest BCUT2D eigenvalue weighted by Crippen LogP contribution is 2.24. The fraction of sp³-hybridized carbons (Fsp3) is 0.500. The average molecular weight is 303 g/mol. The predicted molar refractivity (Wildman–Crippen MR) is 83.5 cm³/mol. The molecular formula is C16H21N3O3. The lowest BCUT2D eigenvalue weighted by Gasteiger charge is -2.15. The number of aliphatic hydroxyl groups is 1. The molecule has 0 spiro atoms. The lowest BCUT2D eigenvalue weighted by Crippen LogP contribution is -2.36. The third-order valence-electron chi connectivity index (χ3n) is 4.53. The highest BCUT2D eigenvalue weighted by Gasteiger charge is 2.25. The van der Waals surface area contributed by atoms with Crippen molar-refractivity contribution in [2.24, 2.45) is 13.0 Å². The van der Waals surface area contributed by atoms with E-state index in [1.165, 1.54) is 4.57 Å². The van der Waals surface area contributed by atoms with Crippen LogP contribution in [0.4, 0.5) is 0 Å². The normalized spacial score (nSPS) is 21.4. The van der Waals surface area contributed by atoms with Crippen LogP contribution in [0.15, 0.2) is 29.1 Å². The summed E-state index contributed by atoms with van der Waals surface area (Å²) in [6.07, 6.45) is 2.43. The molecule has 1 fully saturated rings. The Hall–Kier alpha value is -2.08. The van der Waals surface area contributed by atoms with E-state index in [-0.39, 0.29) is 30.2 Å². The molecule has 2 aromatic rings. The maximum absolute atomic E-state index is 12.2. The Morgan fingerprint density at radius 1 is 1.32 bits per heavy atom. The van der Waals surface area contributed by atoms with Crippen molar-refractivity contribution in [2.45, 2.75) is 31.9 Å². The molecule has 0 radical (unpaired) electrons. The number of benzene rings is 1. The van der Waals surface area contributed by atoms with Crippen molar-refractivity contribution in [3.8, 4) is 0 Å². The lowest BCUT2D eigenvalue weighted by atomic mass is 10.1. The number of para-hydroxylation sites is 2. The van der Waals surface area contributed by atoms with Gasteiger partial charge in [0.05, 0.1) is 17.1 Å². The van der Waals surface area contributed by atoms with Crippen molar-refractivity contribution in [2.75, 3.05) is 6.54 Å². The topological polar surface area (TPSA) is 76.3 Å². The van der Waals surface area contributed by atoms with E-state index in [2.05, 4.69) is 5.32 Å². The Morgan fingerprint density at radius 2 is 2.05 bits per heavy atom. The van der Waals surface area contributed by atoms with Gasteiger partial charge in [0.25, 0.3) is 0 Å². The van der Waals surface area contributed by atoms with Crippen LogP contribution in [0.2, 0.25) is 0 Å². The van der Waals surface area contributed by atoms with Crippen molar-refractivity contribution in [1.82, 2.24) is 14.5 Å². The molecule has 22 heavy (non-hydrogen) atoms. The largest absolute Gasteiger partial charge is 0.393 e. The predicted octanol–water partition coefficient (Wildman–Crippen LogP) is 0.617. The smallest absolute Gasteiger partial charge is 0.329 e. The molecule has 118 valence electrons. The number of rotatable bonds is 4. The number of aliphatic hydroxyl groups excluding tert-OH is 1. The zero-order chi connectivity index (χ0) is 15.7. The summed E-state index contributed by atoms with van der Waals surface area (Å²) in [5, 5.41) is 12.6. The number of fused-ring (bicyclic) bond motifs is 1. The van der Waals surface area contributed by atoms with E-state index in [4.69, 9.17) is 0 Å². The molecule has 1 aromatic carbocycles. The molecular weight excluding hydrogens is 282 g/mol. The molecule has 3 rings (SSSR count). The molecule has 1 aliphatic carbocycles. The maximum atomic E-state index is 12.2. The van der Waals surface area contributed by atoms with Crippen LogP contribution < -0.4 is 11.0 Å². The summed E-state index contributed by atoms with van der Waals surface area (Å²) in [4.78, 5) is 24.4. The molecule has 2 N–H and O–H groups in total. The molecule has 0 saturated heterocycles. The van der Waals surface area contributed by atoms with E-state index in [1.54, 1.807) is 11.6 Å². The second kappa shape index (κ2) is 5.96. The number of carbonyl (C=O) groups is 1. The Labute approximate surface area is 128 Å². The van der Waals surface area contributed by atoms with Crippen molar-refractivity contribution in [3.63, 3.8) is 0 Å². The van der Waals surface area contributed by atoms with Gasteiger partial charge in [-0.05, 0) is 25.0 Å². The number of aromatic nitrogens is 2. The first-order chi connectivity index (χ1) is 10.6. The summed E-state index contributed by atoms with van der Waals surface area (Å²) in [6, 6.07) is 7.42. The van der Waals surface area contributed by atoms with Crippen molar-refractivity contribution >= 4 is 16.9 Å². The van der Waals surface area contributed by atoms with Gasteiger partial charge in [-0.2, -0.15) is 0 Å². The van der Waals surface area contributed by atoms with Crippen LogP contribution in [0.3, 0.4) is 0 Å². The molecule has 0 bridgehead atoms. The van der Waals surface area contributed by atoms with Crippen LogP contribution in [0.25, 0.3) is 11.0 Å². The van der Waals surface area contributed by atoms with Crippen LogP contribution in [0.5, 0.6) is 0 Å². The summed E-state index contributed by atoms with van der Waals surface area (Å²) in [7, 11) is 1.70. The van der Waals surface area contributed by atoms with Crippen molar-refractivity contribution in [3.05, 3.63) is 34.7 Å². The van der Waals surface area contributed by atoms with Gasteiger partial charge in [0.1, 0.15) is 6.54 Å². The molecule has 6 nitrogen and oxygen atoms in total. The third kappa shape index (κ3) is 2.66. The van der Waals surface area contributed by atoms with E-state index in [0.717, 1.165) is 30.3 Å². The van der Waals surface area contributed by atoms with Crippen LogP contribution >= 0.6 is 0 Å². The van der Waals surface area contributed by atoms with Gasteiger partial charge in [0.2, 0.25) is 5.91 Å². The number of aryl methyl sites for hydroxylation is 1. The molecule has 2 atom stereocenters. The zero-order valence-corrected chi connectivity index (χ0v) is 12.7. The fourth-order valence-electron chi connectivity index (χ4n) is 3.22. The van der Waals surface area contributed by atoms with Crippen LogP contribution in [-0.4, -0.2) is 32.8 Å². The first-order valence-electron chi connectivity index (χ1n) is 7.67. The van der Waals surface area contributed by atoms with Crippen molar-refractivity contribution in [1.29, 1.82) is 0 Å². The zero-order valence-electron chi connectivity index (χ0n) is 12.7. The third-order valence-corrected chi connectivity index (χ3v) is 4.53. The Bertz CT molecular complexity index is 747. The van der Waals surface area contributed by atoms with Gasteiger partial charge >= 0.3 is 5.69 Å². The van der Waals surface area contributed by atoms with Gasteiger partial charge in [-0.25, -0.2) is 4.79 Å². The molecule has 1 saturated carbocycles. The first-order valence-corrected chi connectivity index (χ1v) is 7.67. The van der Waals surface area contributed by atoms with E-state index < -0.39 is 0 Å². The number of hydrogen-bond acceptors (Lipinski definition) is 3. The van der Waals surface area contributed by atoms with Gasteiger partial charge in [-0.3, -0.25) is 13.9 Å². The number of nitrogens with one attached hydrogen (secondary N) is 1. The van der Waals surface area contributed by atoms with Crippen LogP contribution in [-0.2, 0) is 18.4 Å². The SMILES string of the molecule is Cn1c(=O)n(CC(=O)NCC2CCCC2O)c2ccccc21. The summed E-state index contributed by atoms with van der Waals surface area (Å²) < 4.78 is 3.03. The van der Waals surface area contributed by atoms with Crippen LogP contribution in [0.1, 0.15) is 19.3 Å². The Balaban J connectivity index is 1.72. The van der Waals surface area contributed by atoms with E-state index in [0.29, 0.717) is 6.54 Å². The van der Waals surface area contributed by atoms with Gasteiger partial charge < -0.3 is 10.4 Å². The lowest BCUT2D eigenvalue weighted by molar-refractivity contribution is -0.121. The van der Waals surface area contributed by atoms with Gasteiger partial charge in [0.15, 0.2) is 0 Å². The Kier molecular flexibility index (Phi) is 4.02. The molecule has 6 heteroatoms. The number of nitrogens with zero attached hydrogens (tertiary/aromatic N) is 2. The van der Waals surface area contributed by atoms with E-state index in [1.807, 2.05) is 24.3 Å². The average Bonchev–Trinajstić information content (AvgIpc) is 3.03. The number of hydrogen-bond donors (Lipinski definition) is 2. The highest BCUT2D eigenvalue weighted by molar-refractivity contribution is 5.80. The quantitative estimate of drug-likeness (QED) is 0.869. The molecule has 0 aliphatic heterocycles. The minimum atomic E-state index is -0.319. The summed E-state index contributed by atoms with van der Waals surface area (Å²) in [6.45, 7) is 0.475. The van der Waals surface area contributed by atoms with E-state index in [9.17, 15) is 14.7 Å². The van der Waals surface area contributed by atoms with Crippen molar-refractivity contribution < 1.29 is 9.90 Å². The molecule has 1 aromatic heterocycles. The standard InChI is InChI=1S/C16H21N3O3/c1-18-12-6-2-3-7-13(12)19(16(18)22)10-15(21)17-9-11-5-4-8-14(11)20/h2-3,6-7,11,14,20H,4-5,8-10H2,1H3,(H,17,21). The molecule has 1 amide bonds. The second-order valence-corrected chi connectivity index (χ2v) is 5.98. The maximum Gasteiger partial charge on any atom is 0.329 e. The minimum Gasteiger partial charge on any atom is -0.393 e. The number of imidazole rings is 1. The highest BCUT2D eigenvalue weighted by atomic mass is 16.3. The molecule has 2 unspecified atom stereocenters. The Morgan fingerprint density at radius 3 is 2.73 bits per heavy atom. The van der Waals surface area contributed by atoms with Gasteiger partial charge in [-0.15, -0.1) is 0 Å². The van der Waals surface area contributed by atoms with Gasteiger partial charge in [0, 0.05) is 19.5 Å². The van der Waals surface area contributed by atoms with E-state index >= 15 is 0 Å². The monoisotopic (exact) mass is 303 g/mol. The molecule has 1 aliphatic rings.